The third-order valence-corrected chi connectivity index (χ3v) is 6.89. The van der Waals surface area contributed by atoms with Crippen LogP contribution in [-0.4, -0.2) is 53.9 Å². The van der Waals surface area contributed by atoms with Gasteiger partial charge < -0.3 is 25.2 Å². The lowest BCUT2D eigenvalue weighted by atomic mass is 9.85. The first-order chi connectivity index (χ1) is 20.6. The number of carbonyl (C=O) groups is 3. The van der Waals surface area contributed by atoms with Gasteiger partial charge in [0.05, 0.1) is 12.6 Å². The minimum atomic E-state index is -1.36. The van der Waals surface area contributed by atoms with E-state index in [-0.39, 0.29) is 19.6 Å². The molecule has 9 heteroatoms. The maximum Gasteiger partial charge on any atom is 0.408 e. The maximum absolute atomic E-state index is 13.8. The molecule has 0 aliphatic heterocycles. The number of hydrogen-bond acceptors (Lipinski definition) is 7. The summed E-state index contributed by atoms with van der Waals surface area (Å²) in [5, 5.41) is 20.4. The van der Waals surface area contributed by atoms with Crippen molar-refractivity contribution in [3.8, 4) is 0 Å². The normalized spacial score (nSPS) is 14.1. The van der Waals surface area contributed by atoms with Crippen LogP contribution in [0.5, 0.6) is 0 Å². The minimum absolute atomic E-state index is 0.0504. The van der Waals surface area contributed by atoms with E-state index in [0.29, 0.717) is 6.54 Å². The van der Waals surface area contributed by atoms with Crippen molar-refractivity contribution in [2.24, 2.45) is 5.41 Å². The molecule has 0 heterocycles. The SMILES string of the molecule is CCOC(=O)[C@H](NCc1ccccc1)[C@H](O)[C@H](Cc1ccccc1)NC(=O)[C@@H](NC(=O)OCc1ccccc1)C(C)(C)C. The van der Waals surface area contributed by atoms with Crippen LogP contribution in [0.4, 0.5) is 4.79 Å². The highest BCUT2D eigenvalue weighted by atomic mass is 16.5. The molecule has 3 rings (SSSR count). The summed E-state index contributed by atoms with van der Waals surface area (Å²) in [6.45, 7) is 7.63. The Bertz CT molecular complexity index is 1280. The van der Waals surface area contributed by atoms with Crippen molar-refractivity contribution in [1.82, 2.24) is 16.0 Å². The van der Waals surface area contributed by atoms with Gasteiger partial charge in [-0.2, -0.15) is 0 Å². The van der Waals surface area contributed by atoms with Crippen LogP contribution in [0.25, 0.3) is 0 Å². The average molecular weight is 590 g/mol. The zero-order chi connectivity index (χ0) is 31.2. The number of ether oxygens (including phenoxy) is 2. The Labute approximate surface area is 254 Å². The molecule has 43 heavy (non-hydrogen) atoms. The molecule has 0 fully saturated rings. The molecular formula is C34H43N3O6. The monoisotopic (exact) mass is 589 g/mol. The first kappa shape index (κ1) is 33.3. The number of carbonyl (C=O) groups excluding carboxylic acids is 3. The summed E-state index contributed by atoms with van der Waals surface area (Å²) >= 11 is 0. The Hall–Kier alpha value is -4.21. The highest BCUT2D eigenvalue weighted by Gasteiger charge is 2.39. The number of rotatable bonds is 14. The number of aliphatic hydroxyl groups is 1. The van der Waals surface area contributed by atoms with Crippen molar-refractivity contribution < 1.29 is 29.0 Å². The van der Waals surface area contributed by atoms with Crippen molar-refractivity contribution in [2.45, 2.75) is 71.5 Å². The van der Waals surface area contributed by atoms with Crippen molar-refractivity contribution in [2.75, 3.05) is 6.61 Å². The van der Waals surface area contributed by atoms with E-state index in [0.717, 1.165) is 16.7 Å². The zero-order valence-corrected chi connectivity index (χ0v) is 25.3. The molecule has 0 bridgehead atoms. The van der Waals surface area contributed by atoms with Crippen molar-refractivity contribution >= 4 is 18.0 Å². The van der Waals surface area contributed by atoms with Gasteiger partial charge in [0, 0.05) is 6.54 Å². The molecule has 0 saturated carbocycles. The van der Waals surface area contributed by atoms with Crippen LogP contribution >= 0.6 is 0 Å². The minimum Gasteiger partial charge on any atom is -0.465 e. The summed E-state index contributed by atoms with van der Waals surface area (Å²) in [6.07, 6.45) is -1.88. The molecule has 3 aromatic carbocycles. The Balaban J connectivity index is 1.81. The molecule has 230 valence electrons. The second kappa shape index (κ2) is 16.4. The van der Waals surface area contributed by atoms with Gasteiger partial charge in [0.2, 0.25) is 5.91 Å². The lowest BCUT2D eigenvalue weighted by Gasteiger charge is -2.34. The van der Waals surface area contributed by atoms with Gasteiger partial charge in [0.15, 0.2) is 0 Å². The number of nitrogens with one attached hydrogen (secondary N) is 3. The number of hydrogen-bond donors (Lipinski definition) is 4. The van der Waals surface area contributed by atoms with Gasteiger partial charge in [-0.15, -0.1) is 0 Å². The quantitative estimate of drug-likeness (QED) is 0.208. The topological polar surface area (TPSA) is 126 Å². The smallest absolute Gasteiger partial charge is 0.408 e. The molecule has 2 amide bonds. The van der Waals surface area contributed by atoms with Crippen molar-refractivity contribution in [3.05, 3.63) is 108 Å². The fourth-order valence-electron chi connectivity index (χ4n) is 4.58. The number of esters is 1. The van der Waals surface area contributed by atoms with E-state index in [4.69, 9.17) is 9.47 Å². The molecule has 0 saturated heterocycles. The van der Waals surface area contributed by atoms with Crippen LogP contribution in [-0.2, 0) is 38.6 Å². The predicted octanol–water partition coefficient (Wildman–Crippen LogP) is 4.14. The van der Waals surface area contributed by atoms with Gasteiger partial charge in [0.1, 0.15) is 24.8 Å². The molecule has 0 spiro atoms. The summed E-state index contributed by atoms with van der Waals surface area (Å²) in [5.41, 5.74) is 1.87. The number of benzene rings is 3. The fourth-order valence-corrected chi connectivity index (χ4v) is 4.58. The van der Waals surface area contributed by atoms with E-state index in [2.05, 4.69) is 16.0 Å². The van der Waals surface area contributed by atoms with E-state index in [1.54, 1.807) is 6.92 Å². The van der Waals surface area contributed by atoms with E-state index in [1.807, 2.05) is 112 Å². The van der Waals surface area contributed by atoms with Gasteiger partial charge in [-0.05, 0) is 35.4 Å². The Morgan fingerprint density at radius 1 is 0.767 bits per heavy atom. The molecular weight excluding hydrogens is 546 g/mol. The van der Waals surface area contributed by atoms with Gasteiger partial charge in [-0.25, -0.2) is 4.79 Å². The maximum atomic E-state index is 13.8. The third kappa shape index (κ3) is 10.9. The molecule has 0 unspecified atom stereocenters. The van der Waals surface area contributed by atoms with Crippen LogP contribution < -0.4 is 16.0 Å². The van der Waals surface area contributed by atoms with Crippen LogP contribution in [0.1, 0.15) is 44.4 Å². The Morgan fingerprint density at radius 3 is 1.84 bits per heavy atom. The zero-order valence-electron chi connectivity index (χ0n) is 25.3. The summed E-state index contributed by atoms with van der Waals surface area (Å²) in [7, 11) is 0. The molecule has 0 aliphatic carbocycles. The van der Waals surface area contributed by atoms with Crippen LogP contribution in [0.3, 0.4) is 0 Å². The highest BCUT2D eigenvalue weighted by molar-refractivity contribution is 5.87. The Kier molecular flexibility index (Phi) is 12.7. The molecule has 0 aliphatic rings. The molecule has 4 atom stereocenters. The largest absolute Gasteiger partial charge is 0.465 e. The van der Waals surface area contributed by atoms with Crippen molar-refractivity contribution in [1.29, 1.82) is 0 Å². The summed E-state index contributed by atoms with van der Waals surface area (Å²) < 4.78 is 10.7. The fraction of sp³-hybridized carbons (Fsp3) is 0.382. The third-order valence-electron chi connectivity index (χ3n) is 6.89. The molecule has 0 radical (unpaired) electrons. The predicted molar refractivity (Wildman–Crippen MR) is 165 cm³/mol. The lowest BCUT2D eigenvalue weighted by Crippen LogP contribution is -2.61. The van der Waals surface area contributed by atoms with Crippen molar-refractivity contribution in [3.63, 3.8) is 0 Å². The van der Waals surface area contributed by atoms with E-state index >= 15 is 0 Å². The molecule has 0 aromatic heterocycles. The molecule has 9 nitrogen and oxygen atoms in total. The number of alkyl carbamates (subject to hydrolysis) is 1. The second-order valence-corrected chi connectivity index (χ2v) is 11.4. The first-order valence-corrected chi connectivity index (χ1v) is 14.5. The second-order valence-electron chi connectivity index (χ2n) is 11.4. The average Bonchev–Trinajstić information content (AvgIpc) is 2.99. The highest BCUT2D eigenvalue weighted by Crippen LogP contribution is 2.21. The Morgan fingerprint density at radius 2 is 1.30 bits per heavy atom. The summed E-state index contributed by atoms with van der Waals surface area (Å²) in [6, 6.07) is 25.0. The number of aliphatic hydroxyl groups excluding tert-OH is 1. The van der Waals surface area contributed by atoms with Gasteiger partial charge in [-0.3, -0.25) is 14.9 Å². The standard InChI is InChI=1S/C34H43N3O6/c1-5-42-32(40)28(35-22-25-17-11-7-12-18-25)29(38)27(21-24-15-9-6-10-16-24)36-31(39)30(34(2,3)4)37-33(41)43-23-26-19-13-8-14-20-26/h6-20,27-30,35,38H,5,21-23H2,1-4H3,(H,36,39)(H,37,41)/t27-,28+,29+,30+/m0/s1. The van der Waals surface area contributed by atoms with E-state index in [1.165, 1.54) is 0 Å². The van der Waals surface area contributed by atoms with Crippen LogP contribution in [0.2, 0.25) is 0 Å². The molecule has 4 N–H and O–H groups in total. The van der Waals surface area contributed by atoms with Gasteiger partial charge >= 0.3 is 12.1 Å². The van der Waals surface area contributed by atoms with Gasteiger partial charge in [-0.1, -0.05) is 112 Å². The first-order valence-electron chi connectivity index (χ1n) is 14.5. The number of amides is 2. The van der Waals surface area contributed by atoms with Crippen LogP contribution in [0, 0.1) is 5.41 Å². The lowest BCUT2D eigenvalue weighted by molar-refractivity contribution is -0.150. The van der Waals surface area contributed by atoms with E-state index in [9.17, 15) is 19.5 Å². The molecule has 3 aromatic rings. The summed E-state index contributed by atoms with van der Waals surface area (Å²) in [4.78, 5) is 39.6. The van der Waals surface area contributed by atoms with Gasteiger partial charge in [0.25, 0.3) is 0 Å². The van der Waals surface area contributed by atoms with Crippen LogP contribution in [0.15, 0.2) is 91.0 Å². The van der Waals surface area contributed by atoms with E-state index < -0.39 is 47.6 Å². The summed E-state index contributed by atoms with van der Waals surface area (Å²) in [5.74, 6) is -1.15.